The van der Waals surface area contributed by atoms with Gasteiger partial charge < -0.3 is 0 Å². The molecule has 2 aromatic rings. The number of thioether (sulfide) groups is 2. The van der Waals surface area contributed by atoms with Crippen molar-refractivity contribution in [3.05, 3.63) is 60.2 Å². The highest BCUT2D eigenvalue weighted by molar-refractivity contribution is 8.07. The molecule has 108 valence electrons. The van der Waals surface area contributed by atoms with E-state index < -0.39 is 0 Å². The van der Waals surface area contributed by atoms with E-state index >= 15 is 0 Å². The van der Waals surface area contributed by atoms with Crippen LogP contribution >= 0.6 is 23.5 Å². The Morgan fingerprint density at radius 1 is 0.905 bits per heavy atom. The van der Waals surface area contributed by atoms with E-state index in [1.807, 2.05) is 54.2 Å². The van der Waals surface area contributed by atoms with Crippen LogP contribution in [0.2, 0.25) is 0 Å². The first-order valence-corrected chi connectivity index (χ1v) is 9.28. The minimum Gasteiger partial charge on any atom is -0.293 e. The molecule has 0 radical (unpaired) electrons. The number of benzene rings is 2. The summed E-state index contributed by atoms with van der Waals surface area (Å²) in [5.41, 5.74) is 3.18. The third-order valence-corrected chi connectivity index (χ3v) is 6.81. The van der Waals surface area contributed by atoms with Crippen molar-refractivity contribution >= 4 is 29.3 Å². The lowest BCUT2D eigenvalue weighted by Gasteiger charge is -2.26. The van der Waals surface area contributed by atoms with E-state index in [9.17, 15) is 4.79 Å². The van der Waals surface area contributed by atoms with Crippen LogP contribution in [0, 0.1) is 0 Å². The van der Waals surface area contributed by atoms with Gasteiger partial charge in [-0.3, -0.25) is 4.79 Å². The van der Waals surface area contributed by atoms with Crippen LogP contribution in [-0.2, 0) is 0 Å². The largest absolute Gasteiger partial charge is 0.293 e. The summed E-state index contributed by atoms with van der Waals surface area (Å²) in [6.45, 7) is 2.16. The summed E-state index contributed by atoms with van der Waals surface area (Å²) in [6, 6.07) is 18.3. The summed E-state index contributed by atoms with van der Waals surface area (Å²) >= 11 is 3.71. The number of hydrogen-bond donors (Lipinski definition) is 0. The van der Waals surface area contributed by atoms with Gasteiger partial charge in [0.05, 0.1) is 5.25 Å². The van der Waals surface area contributed by atoms with Crippen molar-refractivity contribution in [2.45, 2.75) is 17.4 Å². The summed E-state index contributed by atoms with van der Waals surface area (Å²) in [5.74, 6) is 2.51. The van der Waals surface area contributed by atoms with Crippen LogP contribution < -0.4 is 0 Å². The van der Waals surface area contributed by atoms with E-state index in [1.165, 1.54) is 5.56 Å². The van der Waals surface area contributed by atoms with Crippen molar-refractivity contribution in [1.29, 1.82) is 0 Å². The number of Topliss-reactive ketones (excluding diaryl/α,β-unsaturated/α-hetero) is 1. The zero-order valence-corrected chi connectivity index (χ0v) is 13.6. The van der Waals surface area contributed by atoms with Crippen LogP contribution in [0.1, 0.15) is 17.3 Å². The molecule has 0 aromatic heterocycles. The fraction of sp³-hybridized carbons (Fsp3) is 0.278. The second-order valence-corrected chi connectivity index (χ2v) is 7.91. The van der Waals surface area contributed by atoms with Crippen LogP contribution in [0.5, 0.6) is 0 Å². The number of carbonyl (C=O) groups excluding carboxylic acids is 1. The van der Waals surface area contributed by atoms with Crippen LogP contribution in [0.25, 0.3) is 11.1 Å². The summed E-state index contributed by atoms with van der Waals surface area (Å²) in [4.78, 5) is 12.6. The van der Waals surface area contributed by atoms with Gasteiger partial charge in [0.1, 0.15) is 0 Å². The molecule has 1 aliphatic rings. The lowest BCUT2D eigenvalue weighted by molar-refractivity contribution is 0.0989. The zero-order chi connectivity index (χ0) is 14.7. The highest BCUT2D eigenvalue weighted by atomic mass is 32.2. The normalized spacial score (nSPS) is 22.0. The molecule has 21 heavy (non-hydrogen) atoms. The van der Waals surface area contributed by atoms with Crippen LogP contribution in [0.15, 0.2) is 54.6 Å². The minimum atomic E-state index is 0.103. The maximum Gasteiger partial charge on any atom is 0.176 e. The Balaban J connectivity index is 1.79. The van der Waals surface area contributed by atoms with Gasteiger partial charge >= 0.3 is 0 Å². The highest BCUT2D eigenvalue weighted by Gasteiger charge is 2.29. The topological polar surface area (TPSA) is 17.1 Å². The molecular formula is C18H18OS2. The number of hydrogen-bond acceptors (Lipinski definition) is 3. The molecule has 3 heteroatoms. The van der Waals surface area contributed by atoms with Gasteiger partial charge in [-0.15, -0.1) is 11.8 Å². The van der Waals surface area contributed by atoms with Gasteiger partial charge in [-0.05, 0) is 11.1 Å². The number of rotatable bonds is 3. The first-order valence-electron chi connectivity index (χ1n) is 7.18. The molecule has 0 N–H and O–H groups in total. The Kier molecular flexibility index (Phi) is 4.71. The molecule has 0 bridgehead atoms. The predicted octanol–water partition coefficient (Wildman–Crippen LogP) is 4.77. The molecule has 1 nitrogen and oxygen atoms in total. The quantitative estimate of drug-likeness (QED) is 0.759. The van der Waals surface area contributed by atoms with Crippen molar-refractivity contribution in [3.63, 3.8) is 0 Å². The fourth-order valence-electron chi connectivity index (χ4n) is 2.54. The first-order chi connectivity index (χ1) is 10.3. The molecule has 2 unspecified atom stereocenters. The SMILES string of the molecule is CC1SCCSC1C(=O)c1ccc(-c2ccccc2)cc1. The second-order valence-electron chi connectivity index (χ2n) is 5.17. The second kappa shape index (κ2) is 6.71. The van der Waals surface area contributed by atoms with Crippen molar-refractivity contribution < 1.29 is 4.79 Å². The lowest BCUT2D eigenvalue weighted by Crippen LogP contribution is -2.31. The number of ketones is 1. The van der Waals surface area contributed by atoms with Gasteiger partial charge in [0.15, 0.2) is 5.78 Å². The van der Waals surface area contributed by atoms with E-state index in [2.05, 4.69) is 19.1 Å². The first kappa shape index (κ1) is 14.7. The summed E-state index contributed by atoms with van der Waals surface area (Å²) in [6.07, 6.45) is 0. The number of carbonyl (C=O) groups is 1. The Morgan fingerprint density at radius 3 is 2.19 bits per heavy atom. The molecule has 3 rings (SSSR count). The van der Waals surface area contributed by atoms with Gasteiger partial charge in [0.2, 0.25) is 0 Å². The molecule has 1 fully saturated rings. The Morgan fingerprint density at radius 2 is 1.52 bits per heavy atom. The van der Waals surface area contributed by atoms with Crippen LogP contribution in [0.4, 0.5) is 0 Å². The Bertz CT molecular complexity index is 607. The molecule has 1 heterocycles. The molecule has 2 aromatic carbocycles. The molecule has 2 atom stereocenters. The van der Waals surface area contributed by atoms with Crippen molar-refractivity contribution in [3.8, 4) is 11.1 Å². The lowest BCUT2D eigenvalue weighted by atomic mass is 10.0. The van der Waals surface area contributed by atoms with E-state index in [4.69, 9.17) is 0 Å². The van der Waals surface area contributed by atoms with Gasteiger partial charge in [-0.2, -0.15) is 11.8 Å². The molecule has 1 saturated heterocycles. The molecule has 1 aliphatic heterocycles. The molecular weight excluding hydrogens is 296 g/mol. The molecule has 0 saturated carbocycles. The van der Waals surface area contributed by atoms with E-state index in [0.717, 1.165) is 22.6 Å². The highest BCUT2D eigenvalue weighted by Crippen LogP contribution is 2.33. The standard InChI is InChI=1S/C18H18OS2/c1-13-18(21-12-11-20-13)17(19)16-9-7-15(8-10-16)14-5-3-2-4-6-14/h2-10,13,18H,11-12H2,1H3. The average Bonchev–Trinajstić information content (AvgIpc) is 2.56. The van der Waals surface area contributed by atoms with E-state index in [0.29, 0.717) is 5.25 Å². The Hall–Kier alpha value is -1.19. The van der Waals surface area contributed by atoms with Crippen LogP contribution in [-0.4, -0.2) is 27.8 Å². The molecule has 0 aliphatic carbocycles. The average molecular weight is 314 g/mol. The maximum absolute atomic E-state index is 12.6. The van der Waals surface area contributed by atoms with E-state index in [1.54, 1.807) is 11.8 Å². The monoisotopic (exact) mass is 314 g/mol. The Labute approximate surface area is 134 Å². The smallest absolute Gasteiger partial charge is 0.176 e. The van der Waals surface area contributed by atoms with Gasteiger partial charge in [0.25, 0.3) is 0 Å². The summed E-state index contributed by atoms with van der Waals surface area (Å²) in [7, 11) is 0. The molecule has 0 spiro atoms. The minimum absolute atomic E-state index is 0.103. The van der Waals surface area contributed by atoms with Crippen molar-refractivity contribution in [2.75, 3.05) is 11.5 Å². The van der Waals surface area contributed by atoms with Gasteiger partial charge in [-0.1, -0.05) is 61.5 Å². The van der Waals surface area contributed by atoms with E-state index in [-0.39, 0.29) is 11.0 Å². The fourth-order valence-corrected chi connectivity index (χ4v) is 5.27. The summed E-state index contributed by atoms with van der Waals surface area (Å²) < 4.78 is 0. The van der Waals surface area contributed by atoms with Gasteiger partial charge in [0, 0.05) is 22.3 Å². The maximum atomic E-state index is 12.6. The van der Waals surface area contributed by atoms with Crippen LogP contribution in [0.3, 0.4) is 0 Å². The predicted molar refractivity (Wildman–Crippen MR) is 94.4 cm³/mol. The van der Waals surface area contributed by atoms with Gasteiger partial charge in [-0.25, -0.2) is 0 Å². The third-order valence-electron chi connectivity index (χ3n) is 3.72. The van der Waals surface area contributed by atoms with Crippen molar-refractivity contribution in [2.24, 2.45) is 0 Å². The summed E-state index contributed by atoms with van der Waals surface area (Å²) in [5, 5.41) is 0.511. The molecule has 0 amide bonds. The van der Waals surface area contributed by atoms with Crippen molar-refractivity contribution in [1.82, 2.24) is 0 Å². The third kappa shape index (κ3) is 3.35. The zero-order valence-electron chi connectivity index (χ0n) is 12.0.